The van der Waals surface area contributed by atoms with Crippen molar-refractivity contribution in [2.75, 3.05) is 20.2 Å². The van der Waals surface area contributed by atoms with Crippen LogP contribution in [0.1, 0.15) is 17.5 Å². The lowest BCUT2D eigenvalue weighted by atomic mass is 10.1. The molecule has 0 saturated heterocycles. The van der Waals surface area contributed by atoms with Crippen LogP contribution in [-0.2, 0) is 0 Å². The number of benzene rings is 1. The van der Waals surface area contributed by atoms with E-state index in [1.165, 1.54) is 15.6 Å². The molecule has 0 spiro atoms. The Labute approximate surface area is 100 Å². The first-order chi connectivity index (χ1) is 7.15. The highest BCUT2D eigenvalue weighted by atomic mass is 79.9. The van der Waals surface area contributed by atoms with E-state index >= 15 is 0 Å². The van der Waals surface area contributed by atoms with E-state index < -0.39 is 0 Å². The standard InChI is InChI=1S/C12H18BrNO/c1-9-7-11(8-10(2)12(9)13)15-6-4-5-14-3/h7-8,14H,4-6H2,1-3H3. The van der Waals surface area contributed by atoms with Gasteiger partial charge in [-0.15, -0.1) is 0 Å². The van der Waals surface area contributed by atoms with Crippen LogP contribution in [0.3, 0.4) is 0 Å². The van der Waals surface area contributed by atoms with Gasteiger partial charge in [0.1, 0.15) is 5.75 Å². The van der Waals surface area contributed by atoms with Gasteiger partial charge in [0.15, 0.2) is 0 Å². The molecule has 0 aromatic heterocycles. The molecule has 0 aliphatic heterocycles. The predicted octanol–water partition coefficient (Wildman–Crippen LogP) is 3.05. The molecular formula is C12H18BrNO. The zero-order valence-corrected chi connectivity index (χ0v) is 11.1. The van der Waals surface area contributed by atoms with E-state index in [9.17, 15) is 0 Å². The van der Waals surface area contributed by atoms with Crippen molar-refractivity contribution in [1.82, 2.24) is 5.32 Å². The smallest absolute Gasteiger partial charge is 0.119 e. The van der Waals surface area contributed by atoms with Crippen molar-refractivity contribution < 1.29 is 4.74 Å². The van der Waals surface area contributed by atoms with Crippen LogP contribution in [0.2, 0.25) is 0 Å². The SMILES string of the molecule is CNCCCOc1cc(C)c(Br)c(C)c1. The highest BCUT2D eigenvalue weighted by Gasteiger charge is 2.02. The minimum absolute atomic E-state index is 0.765. The minimum Gasteiger partial charge on any atom is -0.494 e. The molecule has 0 atom stereocenters. The Balaban J connectivity index is 2.55. The molecule has 1 rings (SSSR count). The van der Waals surface area contributed by atoms with Gasteiger partial charge in [-0.1, -0.05) is 15.9 Å². The molecule has 0 radical (unpaired) electrons. The molecule has 0 saturated carbocycles. The molecule has 2 nitrogen and oxygen atoms in total. The first-order valence-electron chi connectivity index (χ1n) is 5.19. The first-order valence-corrected chi connectivity index (χ1v) is 5.98. The van der Waals surface area contributed by atoms with Gasteiger partial charge in [0.2, 0.25) is 0 Å². The molecule has 1 aromatic carbocycles. The molecule has 0 heterocycles. The summed E-state index contributed by atoms with van der Waals surface area (Å²) in [5.41, 5.74) is 2.44. The Morgan fingerprint density at radius 2 is 1.87 bits per heavy atom. The molecule has 0 amide bonds. The average Bonchev–Trinajstić information content (AvgIpc) is 2.21. The third-order valence-corrected chi connectivity index (χ3v) is 3.50. The lowest BCUT2D eigenvalue weighted by Gasteiger charge is -2.09. The fourth-order valence-corrected chi connectivity index (χ4v) is 1.66. The summed E-state index contributed by atoms with van der Waals surface area (Å²) in [4.78, 5) is 0. The molecule has 0 aliphatic rings. The molecule has 15 heavy (non-hydrogen) atoms. The number of ether oxygens (including phenoxy) is 1. The van der Waals surface area contributed by atoms with Gasteiger partial charge >= 0.3 is 0 Å². The Hall–Kier alpha value is -0.540. The lowest BCUT2D eigenvalue weighted by Crippen LogP contribution is -2.11. The number of nitrogens with one attached hydrogen (secondary N) is 1. The molecule has 0 bridgehead atoms. The minimum atomic E-state index is 0.765. The van der Waals surface area contributed by atoms with Crippen molar-refractivity contribution in [3.8, 4) is 5.75 Å². The van der Waals surface area contributed by atoms with Gasteiger partial charge in [0, 0.05) is 4.47 Å². The second-order valence-electron chi connectivity index (χ2n) is 3.68. The van der Waals surface area contributed by atoms with Gasteiger partial charge in [-0.3, -0.25) is 0 Å². The number of hydrogen-bond acceptors (Lipinski definition) is 2. The van der Waals surface area contributed by atoms with Crippen LogP contribution in [0.4, 0.5) is 0 Å². The molecule has 0 fully saturated rings. The predicted molar refractivity (Wildman–Crippen MR) is 67.7 cm³/mol. The number of halogens is 1. The summed E-state index contributed by atoms with van der Waals surface area (Å²) < 4.78 is 6.84. The van der Waals surface area contributed by atoms with E-state index in [1.54, 1.807) is 0 Å². The Kier molecular flexibility index (Phi) is 5.12. The summed E-state index contributed by atoms with van der Waals surface area (Å²) in [6, 6.07) is 4.13. The van der Waals surface area contributed by atoms with E-state index in [4.69, 9.17) is 4.74 Å². The average molecular weight is 272 g/mol. The maximum absolute atomic E-state index is 5.66. The van der Waals surface area contributed by atoms with Crippen LogP contribution in [0.5, 0.6) is 5.75 Å². The van der Waals surface area contributed by atoms with E-state index in [-0.39, 0.29) is 0 Å². The van der Waals surface area contributed by atoms with Crippen LogP contribution in [0, 0.1) is 13.8 Å². The normalized spacial score (nSPS) is 10.4. The first kappa shape index (κ1) is 12.5. The zero-order valence-electron chi connectivity index (χ0n) is 9.56. The molecule has 3 heteroatoms. The zero-order chi connectivity index (χ0) is 11.3. The molecular weight excluding hydrogens is 254 g/mol. The van der Waals surface area contributed by atoms with Gasteiger partial charge in [0.05, 0.1) is 6.61 Å². The monoisotopic (exact) mass is 271 g/mol. The van der Waals surface area contributed by atoms with E-state index in [0.29, 0.717) is 0 Å². The van der Waals surface area contributed by atoms with Crippen molar-refractivity contribution >= 4 is 15.9 Å². The fraction of sp³-hybridized carbons (Fsp3) is 0.500. The number of rotatable bonds is 5. The maximum atomic E-state index is 5.66. The maximum Gasteiger partial charge on any atom is 0.119 e. The van der Waals surface area contributed by atoms with Gasteiger partial charge in [0.25, 0.3) is 0 Å². The Bertz CT molecular complexity index is 302. The van der Waals surface area contributed by atoms with Gasteiger partial charge in [-0.05, 0) is 57.1 Å². The second-order valence-corrected chi connectivity index (χ2v) is 4.47. The van der Waals surface area contributed by atoms with Crippen LogP contribution in [0.25, 0.3) is 0 Å². The summed E-state index contributed by atoms with van der Waals surface area (Å²) in [5, 5.41) is 3.10. The quantitative estimate of drug-likeness (QED) is 0.832. The summed E-state index contributed by atoms with van der Waals surface area (Å²) in [6.45, 7) is 5.92. The summed E-state index contributed by atoms with van der Waals surface area (Å²) in [5.74, 6) is 0.962. The van der Waals surface area contributed by atoms with Crippen molar-refractivity contribution in [2.24, 2.45) is 0 Å². The second kappa shape index (κ2) is 6.13. The van der Waals surface area contributed by atoms with E-state index in [2.05, 4.69) is 47.2 Å². The third-order valence-electron chi connectivity index (χ3n) is 2.25. The summed E-state index contributed by atoms with van der Waals surface area (Å²) in [7, 11) is 1.95. The van der Waals surface area contributed by atoms with Crippen molar-refractivity contribution in [1.29, 1.82) is 0 Å². The summed E-state index contributed by atoms with van der Waals surface area (Å²) >= 11 is 3.54. The summed E-state index contributed by atoms with van der Waals surface area (Å²) in [6.07, 6.45) is 1.03. The molecule has 0 aliphatic carbocycles. The van der Waals surface area contributed by atoms with E-state index in [0.717, 1.165) is 25.3 Å². The Morgan fingerprint density at radius 1 is 1.27 bits per heavy atom. The fourth-order valence-electron chi connectivity index (χ4n) is 1.43. The van der Waals surface area contributed by atoms with Crippen molar-refractivity contribution in [3.05, 3.63) is 27.7 Å². The number of hydrogen-bond donors (Lipinski definition) is 1. The van der Waals surface area contributed by atoms with Gasteiger partial charge in [-0.25, -0.2) is 0 Å². The van der Waals surface area contributed by atoms with Crippen LogP contribution >= 0.6 is 15.9 Å². The molecule has 1 aromatic rings. The topological polar surface area (TPSA) is 21.3 Å². The number of aryl methyl sites for hydroxylation is 2. The van der Waals surface area contributed by atoms with E-state index in [1.807, 2.05) is 7.05 Å². The van der Waals surface area contributed by atoms with Gasteiger partial charge in [-0.2, -0.15) is 0 Å². The third kappa shape index (κ3) is 3.84. The largest absolute Gasteiger partial charge is 0.494 e. The highest BCUT2D eigenvalue weighted by molar-refractivity contribution is 9.10. The molecule has 0 unspecified atom stereocenters. The van der Waals surface area contributed by atoms with Crippen LogP contribution in [-0.4, -0.2) is 20.2 Å². The lowest BCUT2D eigenvalue weighted by molar-refractivity contribution is 0.309. The van der Waals surface area contributed by atoms with Crippen LogP contribution < -0.4 is 10.1 Å². The van der Waals surface area contributed by atoms with Crippen molar-refractivity contribution in [2.45, 2.75) is 20.3 Å². The van der Waals surface area contributed by atoms with Crippen molar-refractivity contribution in [3.63, 3.8) is 0 Å². The van der Waals surface area contributed by atoms with Gasteiger partial charge < -0.3 is 10.1 Å². The van der Waals surface area contributed by atoms with Crippen LogP contribution in [0.15, 0.2) is 16.6 Å². The molecule has 1 N–H and O–H groups in total. The molecule has 84 valence electrons. The Morgan fingerprint density at radius 3 is 2.40 bits per heavy atom. The highest BCUT2D eigenvalue weighted by Crippen LogP contribution is 2.26.